The minimum atomic E-state index is -0.0540. The van der Waals surface area contributed by atoms with Gasteiger partial charge in [0.2, 0.25) is 0 Å². The van der Waals surface area contributed by atoms with Gasteiger partial charge in [-0.3, -0.25) is 4.79 Å². The van der Waals surface area contributed by atoms with Crippen LogP contribution in [-0.4, -0.2) is 49.7 Å². The average molecular weight is 265 g/mol. The Morgan fingerprint density at radius 1 is 1.32 bits per heavy atom. The number of nitrogens with two attached hydrogens (primary N) is 1. The molecule has 0 aliphatic carbocycles. The minimum absolute atomic E-state index is 0.0540. The molecule has 0 aliphatic heterocycles. The van der Waals surface area contributed by atoms with Crippen LogP contribution in [0.3, 0.4) is 0 Å². The highest BCUT2D eigenvalue weighted by molar-refractivity contribution is 5.96. The zero-order valence-corrected chi connectivity index (χ0v) is 11.9. The summed E-state index contributed by atoms with van der Waals surface area (Å²) in [6, 6.07) is 5.26. The van der Waals surface area contributed by atoms with Crippen molar-refractivity contribution in [2.24, 2.45) is 0 Å². The van der Waals surface area contributed by atoms with Gasteiger partial charge in [0.25, 0.3) is 5.91 Å². The molecule has 106 valence electrons. The van der Waals surface area contributed by atoms with Gasteiger partial charge in [0.1, 0.15) is 0 Å². The lowest BCUT2D eigenvalue weighted by Gasteiger charge is -2.25. The molecule has 5 heteroatoms. The molecule has 3 N–H and O–H groups in total. The topological polar surface area (TPSA) is 69.8 Å². The van der Waals surface area contributed by atoms with Crippen molar-refractivity contribution in [2.75, 3.05) is 44.4 Å². The van der Waals surface area contributed by atoms with E-state index in [4.69, 9.17) is 10.8 Å². The molecule has 0 saturated carbocycles. The summed E-state index contributed by atoms with van der Waals surface area (Å²) in [7, 11) is 3.44. The first-order valence-electron chi connectivity index (χ1n) is 6.48. The second-order valence-corrected chi connectivity index (χ2v) is 4.68. The zero-order valence-electron chi connectivity index (χ0n) is 11.9. The van der Waals surface area contributed by atoms with Crippen molar-refractivity contribution in [1.29, 1.82) is 0 Å². The van der Waals surface area contributed by atoms with Gasteiger partial charge in [-0.2, -0.15) is 0 Å². The SMILES string of the molecule is CCCN(CCO)c1cc(C(=O)N(C)C)ccc1N. The maximum atomic E-state index is 12.0. The first-order valence-corrected chi connectivity index (χ1v) is 6.48. The van der Waals surface area contributed by atoms with E-state index >= 15 is 0 Å². The number of nitrogens with zero attached hydrogens (tertiary/aromatic N) is 2. The fourth-order valence-corrected chi connectivity index (χ4v) is 1.95. The molecule has 1 amide bonds. The molecular formula is C14H23N3O2. The van der Waals surface area contributed by atoms with Crippen LogP contribution in [0.1, 0.15) is 23.7 Å². The van der Waals surface area contributed by atoms with Crippen molar-refractivity contribution in [3.63, 3.8) is 0 Å². The second-order valence-electron chi connectivity index (χ2n) is 4.68. The number of carbonyl (C=O) groups excluding carboxylic acids is 1. The van der Waals surface area contributed by atoms with Crippen LogP contribution in [0.25, 0.3) is 0 Å². The van der Waals surface area contributed by atoms with Crippen LogP contribution in [0, 0.1) is 0 Å². The Balaban J connectivity index is 3.10. The van der Waals surface area contributed by atoms with Crippen molar-refractivity contribution in [2.45, 2.75) is 13.3 Å². The number of nitrogen functional groups attached to an aromatic ring is 1. The smallest absolute Gasteiger partial charge is 0.253 e. The number of rotatable bonds is 6. The highest BCUT2D eigenvalue weighted by Crippen LogP contribution is 2.25. The number of aliphatic hydroxyl groups excluding tert-OH is 1. The van der Waals surface area contributed by atoms with E-state index in [0.29, 0.717) is 17.8 Å². The van der Waals surface area contributed by atoms with E-state index < -0.39 is 0 Å². The molecule has 0 aromatic heterocycles. The molecule has 0 spiro atoms. The van der Waals surface area contributed by atoms with Crippen molar-refractivity contribution >= 4 is 17.3 Å². The molecule has 0 heterocycles. The van der Waals surface area contributed by atoms with Gasteiger partial charge in [-0.15, -0.1) is 0 Å². The van der Waals surface area contributed by atoms with E-state index in [1.807, 2.05) is 4.90 Å². The molecule has 0 radical (unpaired) electrons. The lowest BCUT2D eigenvalue weighted by molar-refractivity contribution is 0.0827. The van der Waals surface area contributed by atoms with Crippen LogP contribution < -0.4 is 10.6 Å². The highest BCUT2D eigenvalue weighted by Gasteiger charge is 2.14. The fraction of sp³-hybridized carbons (Fsp3) is 0.500. The van der Waals surface area contributed by atoms with Crippen LogP contribution in [-0.2, 0) is 0 Å². The van der Waals surface area contributed by atoms with Gasteiger partial charge in [-0.1, -0.05) is 6.92 Å². The summed E-state index contributed by atoms with van der Waals surface area (Å²) in [4.78, 5) is 15.5. The summed E-state index contributed by atoms with van der Waals surface area (Å²) in [6.07, 6.45) is 0.950. The van der Waals surface area contributed by atoms with E-state index in [-0.39, 0.29) is 12.5 Å². The fourth-order valence-electron chi connectivity index (χ4n) is 1.95. The summed E-state index contributed by atoms with van der Waals surface area (Å²) in [5.41, 5.74) is 8.02. The molecule has 0 atom stereocenters. The van der Waals surface area contributed by atoms with Gasteiger partial charge < -0.3 is 20.6 Å². The Labute approximate surface area is 114 Å². The van der Waals surface area contributed by atoms with Gasteiger partial charge in [-0.05, 0) is 24.6 Å². The molecule has 1 rings (SSSR count). The van der Waals surface area contributed by atoms with Crippen LogP contribution in [0.2, 0.25) is 0 Å². The number of amides is 1. The molecule has 0 unspecified atom stereocenters. The van der Waals surface area contributed by atoms with Crippen LogP contribution in [0.4, 0.5) is 11.4 Å². The maximum absolute atomic E-state index is 12.0. The lowest BCUT2D eigenvalue weighted by Crippen LogP contribution is -2.29. The Hall–Kier alpha value is -1.75. The third kappa shape index (κ3) is 3.86. The molecule has 5 nitrogen and oxygen atoms in total. The van der Waals surface area contributed by atoms with Crippen molar-refractivity contribution in [3.8, 4) is 0 Å². The monoisotopic (exact) mass is 265 g/mol. The molecule has 0 aliphatic rings. The molecule has 19 heavy (non-hydrogen) atoms. The Kier molecular flexibility index (Phi) is 5.63. The first kappa shape index (κ1) is 15.3. The summed E-state index contributed by atoms with van der Waals surface area (Å²) in [5.74, 6) is -0.0540. The quantitative estimate of drug-likeness (QED) is 0.758. The molecule has 0 fully saturated rings. The zero-order chi connectivity index (χ0) is 14.4. The molecule has 0 saturated heterocycles. The predicted octanol–water partition coefficient (Wildman–Crippen LogP) is 1.18. The van der Waals surface area contributed by atoms with Gasteiger partial charge in [-0.25, -0.2) is 0 Å². The molecule has 0 bridgehead atoms. The minimum Gasteiger partial charge on any atom is -0.397 e. The van der Waals surface area contributed by atoms with Crippen molar-refractivity contribution in [3.05, 3.63) is 23.8 Å². The van der Waals surface area contributed by atoms with E-state index in [0.717, 1.165) is 18.7 Å². The van der Waals surface area contributed by atoms with Crippen molar-refractivity contribution < 1.29 is 9.90 Å². The van der Waals surface area contributed by atoms with E-state index in [1.54, 1.807) is 32.3 Å². The highest BCUT2D eigenvalue weighted by atomic mass is 16.3. The molecule has 1 aromatic carbocycles. The number of hydrogen-bond donors (Lipinski definition) is 2. The number of benzene rings is 1. The molecule has 1 aromatic rings. The Morgan fingerprint density at radius 3 is 2.53 bits per heavy atom. The van der Waals surface area contributed by atoms with Crippen molar-refractivity contribution in [1.82, 2.24) is 4.90 Å². The number of anilines is 2. The summed E-state index contributed by atoms with van der Waals surface area (Å²) < 4.78 is 0. The normalized spacial score (nSPS) is 10.3. The first-order chi connectivity index (χ1) is 9.01. The van der Waals surface area contributed by atoms with E-state index in [9.17, 15) is 4.79 Å². The average Bonchev–Trinajstić information content (AvgIpc) is 2.38. The van der Waals surface area contributed by atoms with Crippen LogP contribution in [0.15, 0.2) is 18.2 Å². The third-order valence-electron chi connectivity index (χ3n) is 2.89. The summed E-state index contributed by atoms with van der Waals surface area (Å²) in [6.45, 7) is 3.43. The number of carbonyl (C=O) groups is 1. The summed E-state index contributed by atoms with van der Waals surface area (Å²) >= 11 is 0. The Morgan fingerprint density at radius 2 is 2.00 bits per heavy atom. The largest absolute Gasteiger partial charge is 0.397 e. The predicted molar refractivity (Wildman–Crippen MR) is 78.5 cm³/mol. The van der Waals surface area contributed by atoms with Crippen LogP contribution >= 0.6 is 0 Å². The number of aliphatic hydroxyl groups is 1. The Bertz CT molecular complexity index is 427. The van der Waals surface area contributed by atoms with Gasteiger partial charge in [0, 0.05) is 32.7 Å². The van der Waals surface area contributed by atoms with E-state index in [1.165, 1.54) is 4.90 Å². The van der Waals surface area contributed by atoms with Gasteiger partial charge in [0.15, 0.2) is 0 Å². The van der Waals surface area contributed by atoms with E-state index in [2.05, 4.69) is 6.92 Å². The lowest BCUT2D eigenvalue weighted by atomic mass is 10.1. The second kappa shape index (κ2) is 6.99. The maximum Gasteiger partial charge on any atom is 0.253 e. The summed E-state index contributed by atoms with van der Waals surface area (Å²) in [5, 5.41) is 9.12. The van der Waals surface area contributed by atoms with Gasteiger partial charge in [0.05, 0.1) is 18.0 Å². The third-order valence-corrected chi connectivity index (χ3v) is 2.89. The van der Waals surface area contributed by atoms with Gasteiger partial charge >= 0.3 is 0 Å². The molecular weight excluding hydrogens is 242 g/mol. The number of hydrogen-bond acceptors (Lipinski definition) is 4. The standard InChI is InChI=1S/C14H23N3O2/c1-4-7-17(8-9-18)13-10-11(5-6-12(13)15)14(19)16(2)3/h5-6,10,18H,4,7-9,15H2,1-3H3. The van der Waals surface area contributed by atoms with Crippen LogP contribution in [0.5, 0.6) is 0 Å².